The molecule has 4 heteroatoms. The molecule has 4 nitrogen and oxygen atoms in total. The molecule has 0 spiro atoms. The van der Waals surface area contributed by atoms with Crippen LogP contribution in [0.3, 0.4) is 0 Å². The van der Waals surface area contributed by atoms with Gasteiger partial charge in [0.15, 0.2) is 0 Å². The third kappa shape index (κ3) is 1.86. The third-order valence-corrected chi connectivity index (χ3v) is 2.31. The number of non-ortho nitro benzene ring substituents is 1. The molecule has 2 aromatic rings. The summed E-state index contributed by atoms with van der Waals surface area (Å²) in [6.07, 6.45) is 5.55. The van der Waals surface area contributed by atoms with Crippen LogP contribution in [0.15, 0.2) is 49.3 Å². The third-order valence-electron chi connectivity index (χ3n) is 2.31. The predicted octanol–water partition coefficient (Wildman–Crippen LogP) is 3.03. The first-order valence-corrected chi connectivity index (χ1v) is 4.76. The van der Waals surface area contributed by atoms with E-state index >= 15 is 0 Å². The minimum Gasteiger partial charge on any atom is -0.323 e. The van der Waals surface area contributed by atoms with E-state index in [0.29, 0.717) is 0 Å². The van der Waals surface area contributed by atoms with Crippen molar-refractivity contribution in [3.63, 3.8) is 0 Å². The van der Waals surface area contributed by atoms with Crippen LogP contribution < -0.4 is 0 Å². The van der Waals surface area contributed by atoms with E-state index in [1.807, 2.05) is 23.0 Å². The molecule has 0 saturated heterocycles. The van der Waals surface area contributed by atoms with Crippen LogP contribution >= 0.6 is 0 Å². The Morgan fingerprint density at radius 2 is 1.94 bits per heavy atom. The van der Waals surface area contributed by atoms with Crippen molar-refractivity contribution in [1.82, 2.24) is 4.57 Å². The largest absolute Gasteiger partial charge is 0.323 e. The summed E-state index contributed by atoms with van der Waals surface area (Å²) in [5, 5.41) is 10.5. The first-order valence-electron chi connectivity index (χ1n) is 4.76. The van der Waals surface area contributed by atoms with E-state index in [4.69, 9.17) is 0 Å². The van der Waals surface area contributed by atoms with E-state index in [1.165, 1.54) is 12.1 Å². The van der Waals surface area contributed by atoms with Crippen LogP contribution in [-0.2, 0) is 0 Å². The maximum Gasteiger partial charge on any atom is 0.269 e. The van der Waals surface area contributed by atoms with Gasteiger partial charge in [0.05, 0.1) is 4.92 Å². The second kappa shape index (κ2) is 4.02. The fourth-order valence-corrected chi connectivity index (χ4v) is 1.44. The fraction of sp³-hybridized carbons (Fsp3) is 0. The maximum absolute atomic E-state index is 10.5. The Bertz CT molecular complexity index is 526. The molecule has 1 aromatic carbocycles. The zero-order valence-corrected chi connectivity index (χ0v) is 8.54. The van der Waals surface area contributed by atoms with Gasteiger partial charge < -0.3 is 4.57 Å². The van der Waals surface area contributed by atoms with E-state index in [1.54, 1.807) is 18.2 Å². The second-order valence-electron chi connectivity index (χ2n) is 3.33. The number of aromatic nitrogens is 1. The molecule has 0 aliphatic carbocycles. The zero-order valence-electron chi connectivity index (χ0n) is 8.54. The molecule has 80 valence electrons. The molecule has 0 bridgehead atoms. The summed E-state index contributed by atoms with van der Waals surface area (Å²) in [6, 6.07) is 8.33. The van der Waals surface area contributed by atoms with Gasteiger partial charge in [-0.05, 0) is 23.8 Å². The number of hydrogen-bond donors (Lipinski definition) is 0. The number of nitro groups is 1. The lowest BCUT2D eigenvalue weighted by Gasteiger charge is -2.01. The number of rotatable bonds is 3. The summed E-state index contributed by atoms with van der Waals surface area (Å²) in [5.74, 6) is 0. The fourth-order valence-electron chi connectivity index (χ4n) is 1.44. The highest BCUT2D eigenvalue weighted by molar-refractivity contribution is 5.48. The minimum absolute atomic E-state index is 0.0971. The molecule has 1 heterocycles. The van der Waals surface area contributed by atoms with E-state index in [0.717, 1.165) is 11.3 Å². The standard InChI is InChI=1S/C12H10N2O2/c1-2-10-7-8-13(9-10)11-3-5-12(6-4-11)14(15)16/h2-9H,1H2. The summed E-state index contributed by atoms with van der Waals surface area (Å²) in [7, 11) is 0. The summed E-state index contributed by atoms with van der Waals surface area (Å²) >= 11 is 0. The Balaban J connectivity index is 2.34. The molecule has 0 atom stereocenters. The zero-order chi connectivity index (χ0) is 11.5. The van der Waals surface area contributed by atoms with Gasteiger partial charge in [-0.25, -0.2) is 0 Å². The number of benzene rings is 1. The average Bonchev–Trinajstić information content (AvgIpc) is 2.77. The Kier molecular flexibility index (Phi) is 2.55. The number of hydrogen-bond acceptors (Lipinski definition) is 2. The summed E-state index contributed by atoms with van der Waals surface area (Å²) < 4.78 is 1.89. The lowest BCUT2D eigenvalue weighted by atomic mass is 10.3. The molecule has 0 amide bonds. The average molecular weight is 214 g/mol. The highest BCUT2D eigenvalue weighted by Gasteiger charge is 2.04. The van der Waals surface area contributed by atoms with Crippen molar-refractivity contribution in [1.29, 1.82) is 0 Å². The molecule has 0 unspecified atom stereocenters. The van der Waals surface area contributed by atoms with Crippen LogP contribution in [0.5, 0.6) is 0 Å². The minimum atomic E-state index is -0.408. The molecule has 2 rings (SSSR count). The normalized spacial score (nSPS) is 10.0. The molecule has 0 aliphatic heterocycles. The van der Waals surface area contributed by atoms with Gasteiger partial charge in [0.25, 0.3) is 5.69 Å². The lowest BCUT2D eigenvalue weighted by molar-refractivity contribution is -0.384. The summed E-state index contributed by atoms with van der Waals surface area (Å²) in [6.45, 7) is 3.67. The van der Waals surface area contributed by atoms with Gasteiger partial charge in [0.1, 0.15) is 0 Å². The molecular formula is C12H10N2O2. The molecular weight excluding hydrogens is 204 g/mol. The van der Waals surface area contributed by atoms with Crippen LogP contribution in [0.1, 0.15) is 5.56 Å². The van der Waals surface area contributed by atoms with Crippen molar-refractivity contribution >= 4 is 11.8 Å². The van der Waals surface area contributed by atoms with Crippen LogP contribution in [0.2, 0.25) is 0 Å². The van der Waals surface area contributed by atoms with E-state index in [-0.39, 0.29) is 5.69 Å². The predicted molar refractivity (Wildman–Crippen MR) is 62.5 cm³/mol. The second-order valence-corrected chi connectivity index (χ2v) is 3.33. The van der Waals surface area contributed by atoms with Gasteiger partial charge in [0, 0.05) is 30.2 Å². The van der Waals surface area contributed by atoms with E-state index < -0.39 is 4.92 Å². The van der Waals surface area contributed by atoms with Crippen molar-refractivity contribution in [2.75, 3.05) is 0 Å². The van der Waals surface area contributed by atoms with Crippen LogP contribution in [0.4, 0.5) is 5.69 Å². The van der Waals surface area contributed by atoms with Gasteiger partial charge in [-0.1, -0.05) is 12.7 Å². The summed E-state index contributed by atoms with van der Waals surface area (Å²) in [4.78, 5) is 10.1. The van der Waals surface area contributed by atoms with Crippen LogP contribution in [-0.4, -0.2) is 9.49 Å². The van der Waals surface area contributed by atoms with Gasteiger partial charge in [-0.3, -0.25) is 10.1 Å². The molecule has 0 saturated carbocycles. The Labute approximate surface area is 92.6 Å². The van der Waals surface area contributed by atoms with Gasteiger partial charge in [-0.15, -0.1) is 0 Å². The molecule has 0 radical (unpaired) electrons. The highest BCUT2D eigenvalue weighted by Crippen LogP contribution is 2.16. The van der Waals surface area contributed by atoms with Crippen molar-refractivity contribution in [3.8, 4) is 5.69 Å². The van der Waals surface area contributed by atoms with E-state index in [9.17, 15) is 10.1 Å². The maximum atomic E-state index is 10.5. The molecule has 1 aromatic heterocycles. The van der Waals surface area contributed by atoms with Crippen molar-refractivity contribution in [2.45, 2.75) is 0 Å². The van der Waals surface area contributed by atoms with E-state index in [2.05, 4.69) is 6.58 Å². The first-order chi connectivity index (χ1) is 7.70. The summed E-state index contributed by atoms with van der Waals surface area (Å²) in [5.41, 5.74) is 2.00. The smallest absolute Gasteiger partial charge is 0.269 e. The van der Waals surface area contributed by atoms with Crippen LogP contribution in [0, 0.1) is 10.1 Å². The van der Waals surface area contributed by atoms with Gasteiger partial charge in [0.2, 0.25) is 0 Å². The topological polar surface area (TPSA) is 48.1 Å². The molecule has 0 aliphatic rings. The highest BCUT2D eigenvalue weighted by atomic mass is 16.6. The lowest BCUT2D eigenvalue weighted by Crippen LogP contribution is -1.91. The van der Waals surface area contributed by atoms with Gasteiger partial charge >= 0.3 is 0 Å². The van der Waals surface area contributed by atoms with Crippen molar-refractivity contribution in [3.05, 3.63) is 65.0 Å². The van der Waals surface area contributed by atoms with Gasteiger partial charge in [-0.2, -0.15) is 0 Å². The quantitative estimate of drug-likeness (QED) is 0.582. The number of nitro benzene ring substituents is 1. The van der Waals surface area contributed by atoms with Crippen LogP contribution in [0.25, 0.3) is 11.8 Å². The molecule has 0 fully saturated rings. The first kappa shape index (κ1) is 10.2. The molecule has 16 heavy (non-hydrogen) atoms. The Morgan fingerprint density at radius 3 is 2.44 bits per heavy atom. The Hall–Kier alpha value is -2.36. The monoisotopic (exact) mass is 214 g/mol. The number of nitrogens with zero attached hydrogens (tertiary/aromatic N) is 2. The SMILES string of the molecule is C=Cc1ccn(-c2ccc([N+](=O)[O-])cc2)c1. The van der Waals surface area contributed by atoms with Crippen molar-refractivity contribution in [2.24, 2.45) is 0 Å². The Morgan fingerprint density at radius 1 is 1.25 bits per heavy atom. The molecule has 0 N–H and O–H groups in total. The van der Waals surface area contributed by atoms with Crippen molar-refractivity contribution < 1.29 is 4.92 Å².